The Balaban J connectivity index is 2.00. The van der Waals surface area contributed by atoms with Gasteiger partial charge in [-0.05, 0) is 31.0 Å². The Labute approximate surface area is 119 Å². The van der Waals surface area contributed by atoms with E-state index in [9.17, 15) is 17.6 Å². The van der Waals surface area contributed by atoms with Crippen LogP contribution in [0.4, 0.5) is 4.39 Å². The van der Waals surface area contributed by atoms with Gasteiger partial charge in [0.05, 0.1) is 17.6 Å². The molecule has 1 fully saturated rings. The van der Waals surface area contributed by atoms with Gasteiger partial charge in [-0.25, -0.2) is 17.5 Å². The number of carboxylic acid groups (broad SMARTS) is 1. The number of halogens is 1. The van der Waals surface area contributed by atoms with Crippen molar-refractivity contribution in [3.63, 3.8) is 0 Å². The molecule has 1 aromatic carbocycles. The second-order valence-corrected chi connectivity index (χ2v) is 6.82. The maximum Gasteiger partial charge on any atom is 0.305 e. The van der Waals surface area contributed by atoms with Crippen molar-refractivity contribution in [1.82, 2.24) is 4.72 Å². The lowest BCUT2D eigenvalue weighted by atomic mass is 10.2. The minimum Gasteiger partial charge on any atom is -0.481 e. The third-order valence-corrected chi connectivity index (χ3v) is 5.15. The Morgan fingerprint density at radius 3 is 2.71 bits per heavy atom. The van der Waals surface area contributed by atoms with Crippen LogP contribution in [0.3, 0.4) is 0 Å². The van der Waals surface area contributed by atoms with Gasteiger partial charge in [0.15, 0.2) is 11.4 Å². The molecule has 0 bridgehead atoms. The molecule has 0 atom stereocenters. The van der Waals surface area contributed by atoms with Crippen LogP contribution in [0.5, 0.6) is 0 Å². The van der Waals surface area contributed by atoms with Crippen LogP contribution in [-0.2, 0) is 14.8 Å². The van der Waals surface area contributed by atoms with Crippen LogP contribution in [0.2, 0.25) is 0 Å². The van der Waals surface area contributed by atoms with Crippen LogP contribution in [0, 0.1) is 5.82 Å². The van der Waals surface area contributed by atoms with Gasteiger partial charge < -0.3 is 9.52 Å². The molecule has 0 amide bonds. The topological polar surface area (TPSA) is 96.6 Å². The molecule has 6 nitrogen and oxygen atoms in total. The van der Waals surface area contributed by atoms with Crippen LogP contribution in [0.25, 0.3) is 11.0 Å². The van der Waals surface area contributed by atoms with Crippen molar-refractivity contribution in [2.24, 2.45) is 0 Å². The summed E-state index contributed by atoms with van der Waals surface area (Å²) >= 11 is 0. The molecule has 21 heavy (non-hydrogen) atoms. The molecule has 0 spiro atoms. The number of hydrogen-bond acceptors (Lipinski definition) is 4. The molecule has 0 radical (unpaired) electrons. The van der Waals surface area contributed by atoms with E-state index >= 15 is 0 Å². The largest absolute Gasteiger partial charge is 0.481 e. The fraction of sp³-hybridized carbons (Fsp3) is 0.308. The molecular formula is C13H12FNO5S. The summed E-state index contributed by atoms with van der Waals surface area (Å²) in [5.41, 5.74) is -1.07. The van der Waals surface area contributed by atoms with Gasteiger partial charge in [0.25, 0.3) is 0 Å². The number of carbonyl (C=O) groups is 1. The van der Waals surface area contributed by atoms with Crippen molar-refractivity contribution < 1.29 is 27.1 Å². The van der Waals surface area contributed by atoms with Crippen LogP contribution < -0.4 is 4.72 Å². The summed E-state index contributed by atoms with van der Waals surface area (Å²) in [4.78, 5) is 10.7. The monoisotopic (exact) mass is 313 g/mol. The molecule has 0 aliphatic heterocycles. The van der Waals surface area contributed by atoms with Crippen molar-refractivity contribution >= 4 is 27.0 Å². The molecule has 8 heteroatoms. The molecule has 112 valence electrons. The molecule has 3 rings (SSSR count). The SMILES string of the molecule is O=C(O)CC1(NS(=O)(=O)c2ccc(F)c3occc23)CC1. The van der Waals surface area contributed by atoms with Gasteiger partial charge in [-0.2, -0.15) is 0 Å². The highest BCUT2D eigenvalue weighted by molar-refractivity contribution is 7.89. The summed E-state index contributed by atoms with van der Waals surface area (Å²) in [6.45, 7) is 0. The zero-order valence-electron chi connectivity index (χ0n) is 10.8. The Morgan fingerprint density at radius 1 is 1.38 bits per heavy atom. The Bertz CT molecular complexity index is 822. The maximum absolute atomic E-state index is 13.5. The third-order valence-electron chi connectivity index (χ3n) is 3.51. The van der Waals surface area contributed by atoms with Crippen molar-refractivity contribution in [1.29, 1.82) is 0 Å². The molecule has 1 aromatic heterocycles. The number of fused-ring (bicyclic) bond motifs is 1. The smallest absolute Gasteiger partial charge is 0.305 e. The molecule has 2 aromatic rings. The van der Waals surface area contributed by atoms with Gasteiger partial charge in [0, 0.05) is 10.9 Å². The number of aliphatic carboxylic acids is 1. The van der Waals surface area contributed by atoms with Crippen molar-refractivity contribution in [3.8, 4) is 0 Å². The number of benzene rings is 1. The Hall–Kier alpha value is -1.93. The van der Waals surface area contributed by atoms with Crippen molar-refractivity contribution in [2.45, 2.75) is 29.7 Å². The summed E-state index contributed by atoms with van der Waals surface area (Å²) in [6.07, 6.45) is 1.86. The lowest BCUT2D eigenvalue weighted by Crippen LogP contribution is -2.38. The van der Waals surface area contributed by atoms with Gasteiger partial charge in [-0.3, -0.25) is 4.79 Å². The molecular weight excluding hydrogens is 301 g/mol. The first-order valence-electron chi connectivity index (χ1n) is 6.25. The quantitative estimate of drug-likeness (QED) is 0.878. The average Bonchev–Trinajstić information content (AvgIpc) is 2.91. The third kappa shape index (κ3) is 2.52. The molecule has 2 N–H and O–H groups in total. The standard InChI is InChI=1S/C13H12FNO5S/c14-9-1-2-10(8-3-6-20-12(8)9)21(18,19)15-13(4-5-13)7-11(16)17/h1-3,6,15H,4-5,7H2,(H,16,17). The summed E-state index contributed by atoms with van der Waals surface area (Å²) in [5.74, 6) is -1.72. The molecule has 0 saturated heterocycles. The summed E-state index contributed by atoms with van der Waals surface area (Å²) in [5, 5.41) is 8.97. The van der Waals surface area contributed by atoms with Crippen molar-refractivity contribution in [2.75, 3.05) is 0 Å². The van der Waals surface area contributed by atoms with E-state index in [0.29, 0.717) is 12.8 Å². The van der Waals surface area contributed by atoms with Gasteiger partial charge in [0.2, 0.25) is 10.0 Å². The number of rotatable bonds is 5. The highest BCUT2D eigenvalue weighted by Crippen LogP contribution is 2.40. The van der Waals surface area contributed by atoms with Gasteiger partial charge in [0.1, 0.15) is 0 Å². The first kappa shape index (κ1) is 14.0. The predicted molar refractivity (Wildman–Crippen MR) is 70.7 cm³/mol. The van der Waals surface area contributed by atoms with E-state index in [1.54, 1.807) is 0 Å². The zero-order valence-corrected chi connectivity index (χ0v) is 11.6. The second kappa shape index (κ2) is 4.54. The second-order valence-electron chi connectivity index (χ2n) is 5.17. The van der Waals surface area contributed by atoms with Crippen LogP contribution in [-0.4, -0.2) is 25.0 Å². The molecule has 0 unspecified atom stereocenters. The van der Waals surface area contributed by atoms with E-state index < -0.39 is 27.3 Å². The number of hydrogen-bond donors (Lipinski definition) is 2. The number of nitrogens with one attached hydrogen (secondary N) is 1. The Morgan fingerprint density at radius 2 is 2.10 bits per heavy atom. The fourth-order valence-corrected chi connectivity index (χ4v) is 3.99. The van der Waals surface area contributed by atoms with E-state index in [1.807, 2.05) is 0 Å². The fourth-order valence-electron chi connectivity index (χ4n) is 2.33. The Kier molecular flexibility index (Phi) is 3.03. The molecule has 1 heterocycles. The summed E-state index contributed by atoms with van der Waals surface area (Å²) < 4.78 is 45.7. The number of furan rings is 1. The predicted octanol–water partition coefficient (Wildman–Crippen LogP) is 1.86. The lowest BCUT2D eigenvalue weighted by molar-refractivity contribution is -0.137. The van der Waals surface area contributed by atoms with E-state index in [-0.39, 0.29) is 22.3 Å². The zero-order chi connectivity index (χ0) is 15.3. The van der Waals surface area contributed by atoms with E-state index in [0.717, 1.165) is 12.1 Å². The van der Waals surface area contributed by atoms with Crippen LogP contribution in [0.1, 0.15) is 19.3 Å². The van der Waals surface area contributed by atoms with Gasteiger partial charge in [-0.15, -0.1) is 0 Å². The first-order valence-corrected chi connectivity index (χ1v) is 7.73. The van der Waals surface area contributed by atoms with E-state index in [4.69, 9.17) is 9.52 Å². The molecule has 1 aliphatic rings. The van der Waals surface area contributed by atoms with E-state index in [2.05, 4.69) is 4.72 Å². The van der Waals surface area contributed by atoms with Crippen LogP contribution in [0.15, 0.2) is 33.8 Å². The average molecular weight is 313 g/mol. The summed E-state index contributed by atoms with van der Waals surface area (Å²) in [7, 11) is -3.95. The van der Waals surface area contributed by atoms with Gasteiger partial charge in [-0.1, -0.05) is 0 Å². The number of sulfonamides is 1. The van der Waals surface area contributed by atoms with Crippen molar-refractivity contribution in [3.05, 3.63) is 30.3 Å². The van der Waals surface area contributed by atoms with E-state index in [1.165, 1.54) is 12.3 Å². The normalized spacial score (nSPS) is 17.0. The highest BCUT2D eigenvalue weighted by atomic mass is 32.2. The van der Waals surface area contributed by atoms with Crippen LogP contribution >= 0.6 is 0 Å². The lowest BCUT2D eigenvalue weighted by Gasteiger charge is -2.15. The van der Waals surface area contributed by atoms with Gasteiger partial charge >= 0.3 is 5.97 Å². The molecule has 1 saturated carbocycles. The first-order chi connectivity index (χ1) is 9.83. The summed E-state index contributed by atoms with van der Waals surface area (Å²) in [6, 6.07) is 3.52. The maximum atomic E-state index is 13.5. The minimum atomic E-state index is -3.95. The minimum absolute atomic E-state index is 0.121. The highest BCUT2D eigenvalue weighted by Gasteiger charge is 2.48. The molecule has 1 aliphatic carbocycles. The number of carboxylic acids is 1.